The smallest absolute Gasteiger partial charge is 0.245 e. The topological polar surface area (TPSA) is 49.4 Å². The Kier molecular flexibility index (Phi) is 5.80. The van der Waals surface area contributed by atoms with Crippen molar-refractivity contribution in [2.75, 3.05) is 13.1 Å². The molecule has 4 nitrogen and oxygen atoms in total. The summed E-state index contributed by atoms with van der Waals surface area (Å²) in [7, 11) is -3.78. The quantitative estimate of drug-likeness (QED) is 0.896. The van der Waals surface area contributed by atoms with Gasteiger partial charge >= 0.3 is 0 Å². The highest BCUT2D eigenvalue weighted by molar-refractivity contribution is 7.89. The van der Waals surface area contributed by atoms with E-state index in [1.165, 1.54) is 10.4 Å². The molecule has 0 aliphatic carbocycles. The summed E-state index contributed by atoms with van der Waals surface area (Å²) in [5.74, 6) is -0.612. The van der Waals surface area contributed by atoms with Gasteiger partial charge in [-0.05, 0) is 32.0 Å². The highest BCUT2D eigenvalue weighted by Crippen LogP contribution is 2.28. The van der Waals surface area contributed by atoms with Gasteiger partial charge in [0, 0.05) is 25.2 Å². The Labute approximate surface area is 129 Å². The molecule has 1 aliphatic heterocycles. The van der Waals surface area contributed by atoms with Gasteiger partial charge in [-0.2, -0.15) is 4.31 Å². The Morgan fingerprint density at radius 2 is 2.05 bits per heavy atom. The van der Waals surface area contributed by atoms with E-state index in [-0.39, 0.29) is 34.4 Å². The molecule has 2 atom stereocenters. The number of hydrogen-bond acceptors (Lipinski definition) is 3. The van der Waals surface area contributed by atoms with Crippen molar-refractivity contribution in [1.29, 1.82) is 0 Å². The monoisotopic (exact) mass is 342 g/mol. The van der Waals surface area contributed by atoms with Gasteiger partial charge in [0.2, 0.25) is 10.0 Å². The molecule has 1 saturated heterocycles. The molecule has 8 heteroatoms. The Morgan fingerprint density at radius 3 is 2.70 bits per heavy atom. The molecule has 114 valence electrons. The molecule has 1 aliphatic rings. The van der Waals surface area contributed by atoms with Crippen molar-refractivity contribution in [3.8, 4) is 0 Å². The van der Waals surface area contributed by atoms with Crippen LogP contribution in [-0.4, -0.2) is 37.9 Å². The SMILES string of the molecule is CC1NCCN(S(=O)(=O)c2cc(F)ccc2Cl)C1C.Cl. The molecular formula is C12H17Cl2FN2O2S. The molecule has 2 rings (SSSR count). The van der Waals surface area contributed by atoms with Gasteiger partial charge in [-0.1, -0.05) is 11.6 Å². The molecule has 0 saturated carbocycles. The number of piperazine rings is 1. The van der Waals surface area contributed by atoms with Crippen molar-refractivity contribution in [2.45, 2.75) is 30.8 Å². The van der Waals surface area contributed by atoms with Gasteiger partial charge in [-0.25, -0.2) is 12.8 Å². The van der Waals surface area contributed by atoms with Crippen LogP contribution >= 0.6 is 24.0 Å². The summed E-state index contributed by atoms with van der Waals surface area (Å²) in [4.78, 5) is -0.171. The third-order valence-corrected chi connectivity index (χ3v) is 5.92. The number of halogens is 3. The van der Waals surface area contributed by atoms with Crippen LogP contribution in [0, 0.1) is 5.82 Å². The zero-order valence-electron chi connectivity index (χ0n) is 11.1. The summed E-state index contributed by atoms with van der Waals surface area (Å²) in [6, 6.07) is 3.21. The Bertz CT molecular complexity index is 583. The standard InChI is InChI=1S/C12H16ClFN2O2S.ClH/c1-8-9(2)16(6-5-15-8)19(17,18)12-7-10(14)3-4-11(12)13;/h3-4,7-9,15H,5-6H2,1-2H3;1H. The molecule has 0 radical (unpaired) electrons. The van der Waals surface area contributed by atoms with E-state index in [4.69, 9.17) is 11.6 Å². The number of sulfonamides is 1. The van der Waals surface area contributed by atoms with Crippen LogP contribution in [0.2, 0.25) is 5.02 Å². The zero-order valence-corrected chi connectivity index (χ0v) is 13.5. The van der Waals surface area contributed by atoms with E-state index >= 15 is 0 Å². The number of hydrogen-bond donors (Lipinski definition) is 1. The van der Waals surface area contributed by atoms with Crippen LogP contribution in [0.25, 0.3) is 0 Å². The van der Waals surface area contributed by atoms with Crippen LogP contribution in [-0.2, 0) is 10.0 Å². The number of benzene rings is 1. The van der Waals surface area contributed by atoms with E-state index in [2.05, 4.69) is 5.32 Å². The van der Waals surface area contributed by atoms with Crippen LogP contribution in [0.4, 0.5) is 4.39 Å². The second kappa shape index (κ2) is 6.58. The lowest BCUT2D eigenvalue weighted by molar-refractivity contribution is 0.233. The van der Waals surface area contributed by atoms with E-state index in [1.54, 1.807) is 0 Å². The van der Waals surface area contributed by atoms with Gasteiger partial charge in [-0.15, -0.1) is 12.4 Å². The maximum Gasteiger partial charge on any atom is 0.245 e. The lowest BCUT2D eigenvalue weighted by atomic mass is 10.1. The third kappa shape index (κ3) is 3.26. The van der Waals surface area contributed by atoms with E-state index in [0.29, 0.717) is 13.1 Å². The molecular weight excluding hydrogens is 326 g/mol. The molecule has 1 aromatic carbocycles. The number of nitrogens with one attached hydrogen (secondary N) is 1. The second-order valence-electron chi connectivity index (χ2n) is 4.67. The highest BCUT2D eigenvalue weighted by Gasteiger charge is 2.35. The van der Waals surface area contributed by atoms with Crippen LogP contribution in [0.5, 0.6) is 0 Å². The average Bonchev–Trinajstić information content (AvgIpc) is 2.35. The maximum absolute atomic E-state index is 13.3. The summed E-state index contributed by atoms with van der Waals surface area (Å²) in [5.41, 5.74) is 0. The van der Waals surface area contributed by atoms with Crippen molar-refractivity contribution in [1.82, 2.24) is 9.62 Å². The maximum atomic E-state index is 13.3. The molecule has 1 fully saturated rings. The fourth-order valence-corrected chi connectivity index (χ4v) is 4.36. The Hall–Kier alpha value is -0.400. The van der Waals surface area contributed by atoms with E-state index in [0.717, 1.165) is 12.1 Å². The van der Waals surface area contributed by atoms with Crippen LogP contribution < -0.4 is 5.32 Å². The second-order valence-corrected chi connectivity index (χ2v) is 6.94. The van der Waals surface area contributed by atoms with Crippen molar-refractivity contribution in [2.24, 2.45) is 0 Å². The zero-order chi connectivity index (χ0) is 14.2. The predicted octanol–water partition coefficient (Wildman–Crippen LogP) is 2.27. The number of nitrogens with zero attached hydrogens (tertiary/aromatic N) is 1. The first kappa shape index (κ1) is 17.7. The van der Waals surface area contributed by atoms with Crippen molar-refractivity contribution < 1.29 is 12.8 Å². The summed E-state index contributed by atoms with van der Waals surface area (Å²) in [6.07, 6.45) is 0. The van der Waals surface area contributed by atoms with Crippen LogP contribution in [0.15, 0.2) is 23.1 Å². The first-order valence-electron chi connectivity index (χ1n) is 6.04. The van der Waals surface area contributed by atoms with Crippen LogP contribution in [0.3, 0.4) is 0 Å². The lowest BCUT2D eigenvalue weighted by Gasteiger charge is -2.37. The van der Waals surface area contributed by atoms with Gasteiger partial charge < -0.3 is 5.32 Å². The molecule has 1 heterocycles. The molecule has 0 aromatic heterocycles. The van der Waals surface area contributed by atoms with E-state index in [1.807, 2.05) is 13.8 Å². The molecule has 2 unspecified atom stereocenters. The van der Waals surface area contributed by atoms with Gasteiger partial charge in [0.25, 0.3) is 0 Å². The molecule has 0 bridgehead atoms. The Morgan fingerprint density at radius 1 is 1.40 bits per heavy atom. The van der Waals surface area contributed by atoms with Gasteiger partial charge in [0.1, 0.15) is 10.7 Å². The van der Waals surface area contributed by atoms with Crippen molar-refractivity contribution >= 4 is 34.0 Å². The van der Waals surface area contributed by atoms with Crippen molar-refractivity contribution in [3.05, 3.63) is 29.0 Å². The highest BCUT2D eigenvalue weighted by atomic mass is 35.5. The third-order valence-electron chi connectivity index (χ3n) is 3.46. The van der Waals surface area contributed by atoms with Gasteiger partial charge in [0.05, 0.1) is 5.02 Å². The fourth-order valence-electron chi connectivity index (χ4n) is 2.17. The first-order chi connectivity index (χ1) is 8.84. The van der Waals surface area contributed by atoms with Gasteiger partial charge in [0.15, 0.2) is 0 Å². The predicted molar refractivity (Wildman–Crippen MR) is 79.5 cm³/mol. The van der Waals surface area contributed by atoms with E-state index in [9.17, 15) is 12.8 Å². The van der Waals surface area contributed by atoms with Crippen LogP contribution in [0.1, 0.15) is 13.8 Å². The lowest BCUT2D eigenvalue weighted by Crippen LogP contribution is -2.57. The molecule has 1 aromatic rings. The van der Waals surface area contributed by atoms with Gasteiger partial charge in [-0.3, -0.25) is 0 Å². The normalized spacial score (nSPS) is 24.2. The fraction of sp³-hybridized carbons (Fsp3) is 0.500. The minimum absolute atomic E-state index is 0. The molecule has 0 spiro atoms. The first-order valence-corrected chi connectivity index (χ1v) is 7.86. The Balaban J connectivity index is 0.00000200. The largest absolute Gasteiger partial charge is 0.311 e. The average molecular weight is 343 g/mol. The molecule has 0 amide bonds. The summed E-state index contributed by atoms with van der Waals surface area (Å²) in [5, 5.41) is 3.24. The molecule has 1 N–H and O–H groups in total. The summed E-state index contributed by atoms with van der Waals surface area (Å²) >= 11 is 5.90. The summed E-state index contributed by atoms with van der Waals surface area (Å²) < 4.78 is 39.8. The molecule has 20 heavy (non-hydrogen) atoms. The number of rotatable bonds is 2. The minimum atomic E-state index is -3.78. The van der Waals surface area contributed by atoms with E-state index < -0.39 is 15.8 Å². The minimum Gasteiger partial charge on any atom is -0.311 e. The van der Waals surface area contributed by atoms with Crippen molar-refractivity contribution in [3.63, 3.8) is 0 Å². The summed E-state index contributed by atoms with van der Waals surface area (Å²) in [6.45, 7) is 4.65.